The molecule has 0 aromatic heterocycles. The van der Waals surface area contributed by atoms with Gasteiger partial charge in [-0.25, -0.2) is 4.79 Å². The molecule has 1 aromatic carbocycles. The Kier molecular flexibility index (Phi) is 7.80. The number of carboxylic acids is 1. The molecule has 1 rings (SSSR count). The molecule has 1 atom stereocenters. The van der Waals surface area contributed by atoms with Crippen LogP contribution in [-0.2, 0) is 16.1 Å². The lowest BCUT2D eigenvalue weighted by molar-refractivity contribution is -0.139. The van der Waals surface area contributed by atoms with Crippen molar-refractivity contribution in [3.63, 3.8) is 0 Å². The Morgan fingerprint density at radius 2 is 1.78 bits per heavy atom. The summed E-state index contributed by atoms with van der Waals surface area (Å²) in [6.07, 6.45) is 2.46. The fourth-order valence-electron chi connectivity index (χ4n) is 2.01. The monoisotopic (exact) mass is 320 g/mol. The number of hydrogen-bond donors (Lipinski definition) is 3. The summed E-state index contributed by atoms with van der Waals surface area (Å²) in [6, 6.07) is 5.87. The zero-order valence-corrected chi connectivity index (χ0v) is 13.6. The number of unbranched alkanes of at least 4 members (excludes halogenated alkanes) is 1. The lowest BCUT2D eigenvalue weighted by atomic mass is 10.1. The number of aliphatic carboxylic acids is 1. The van der Waals surface area contributed by atoms with Crippen molar-refractivity contribution in [1.29, 1.82) is 0 Å². The van der Waals surface area contributed by atoms with E-state index in [1.165, 1.54) is 0 Å². The van der Waals surface area contributed by atoms with Gasteiger partial charge in [0.25, 0.3) is 5.91 Å². The number of carbonyl (C=O) groups is 3. The van der Waals surface area contributed by atoms with Crippen molar-refractivity contribution < 1.29 is 19.5 Å². The molecule has 0 bridgehead atoms. The minimum atomic E-state index is -1.02. The highest BCUT2D eigenvalue weighted by Gasteiger charge is 2.19. The average Bonchev–Trinajstić information content (AvgIpc) is 2.56. The van der Waals surface area contributed by atoms with Crippen molar-refractivity contribution in [3.8, 4) is 0 Å². The number of hydrogen-bond acceptors (Lipinski definition) is 3. The van der Waals surface area contributed by atoms with Gasteiger partial charge in [-0.05, 0) is 24.1 Å². The summed E-state index contributed by atoms with van der Waals surface area (Å²) >= 11 is 0. The second-order valence-electron chi connectivity index (χ2n) is 5.33. The van der Waals surface area contributed by atoms with Gasteiger partial charge in [0, 0.05) is 18.5 Å². The molecule has 6 heteroatoms. The first kappa shape index (κ1) is 18.7. The lowest BCUT2D eigenvalue weighted by Gasteiger charge is -2.14. The van der Waals surface area contributed by atoms with Gasteiger partial charge in [0.15, 0.2) is 0 Å². The van der Waals surface area contributed by atoms with Gasteiger partial charge in [-0.1, -0.05) is 38.8 Å². The van der Waals surface area contributed by atoms with E-state index in [-0.39, 0.29) is 5.91 Å². The predicted molar refractivity (Wildman–Crippen MR) is 87.0 cm³/mol. The summed E-state index contributed by atoms with van der Waals surface area (Å²) in [6.45, 7) is 4.15. The Hall–Kier alpha value is -2.37. The van der Waals surface area contributed by atoms with Gasteiger partial charge >= 0.3 is 5.97 Å². The molecule has 0 fully saturated rings. The fraction of sp³-hybridized carbons (Fsp3) is 0.471. The molecule has 0 aliphatic carbocycles. The number of rotatable bonds is 9. The summed E-state index contributed by atoms with van der Waals surface area (Å²) < 4.78 is 0. The second kappa shape index (κ2) is 9.61. The van der Waals surface area contributed by atoms with E-state index in [1.54, 1.807) is 31.2 Å². The van der Waals surface area contributed by atoms with Crippen LogP contribution in [-0.4, -0.2) is 28.9 Å². The number of carbonyl (C=O) groups excluding carboxylic acids is 2. The van der Waals surface area contributed by atoms with E-state index in [4.69, 9.17) is 5.11 Å². The SMILES string of the molecule is CCCCC(NC(=O)c1ccc(CNC(=O)CC)cc1)C(=O)O. The van der Waals surface area contributed by atoms with Crippen molar-refractivity contribution in [2.24, 2.45) is 0 Å². The van der Waals surface area contributed by atoms with Crippen LogP contribution in [0.4, 0.5) is 0 Å². The Morgan fingerprint density at radius 1 is 1.13 bits per heavy atom. The molecule has 6 nitrogen and oxygen atoms in total. The average molecular weight is 320 g/mol. The van der Waals surface area contributed by atoms with E-state index in [9.17, 15) is 14.4 Å². The maximum absolute atomic E-state index is 12.1. The first-order valence-electron chi connectivity index (χ1n) is 7.87. The third kappa shape index (κ3) is 6.50. The molecule has 1 unspecified atom stereocenters. The van der Waals surface area contributed by atoms with E-state index < -0.39 is 17.9 Å². The molecule has 0 saturated carbocycles. The normalized spacial score (nSPS) is 11.6. The van der Waals surface area contributed by atoms with Crippen molar-refractivity contribution in [2.75, 3.05) is 0 Å². The Balaban J connectivity index is 2.62. The van der Waals surface area contributed by atoms with Crippen LogP contribution in [0.15, 0.2) is 24.3 Å². The summed E-state index contributed by atoms with van der Waals surface area (Å²) in [5.74, 6) is -1.46. The minimum absolute atomic E-state index is 0.0351. The molecule has 126 valence electrons. The van der Waals surface area contributed by atoms with Crippen LogP contribution >= 0.6 is 0 Å². The number of benzene rings is 1. The van der Waals surface area contributed by atoms with Gasteiger partial charge in [0.05, 0.1) is 0 Å². The molecule has 0 heterocycles. The van der Waals surface area contributed by atoms with Crippen molar-refractivity contribution in [3.05, 3.63) is 35.4 Å². The van der Waals surface area contributed by atoms with Gasteiger partial charge in [-0.15, -0.1) is 0 Å². The van der Waals surface area contributed by atoms with Gasteiger partial charge in [0.2, 0.25) is 5.91 Å². The van der Waals surface area contributed by atoms with Gasteiger partial charge in [-0.2, -0.15) is 0 Å². The molecule has 0 radical (unpaired) electrons. The third-order valence-corrected chi connectivity index (χ3v) is 3.48. The first-order chi connectivity index (χ1) is 11.0. The third-order valence-electron chi connectivity index (χ3n) is 3.48. The van der Waals surface area contributed by atoms with Crippen LogP contribution in [0.2, 0.25) is 0 Å². The molecule has 23 heavy (non-hydrogen) atoms. The highest BCUT2D eigenvalue weighted by Crippen LogP contribution is 2.07. The Bertz CT molecular complexity index is 540. The van der Waals surface area contributed by atoms with Crippen molar-refractivity contribution in [1.82, 2.24) is 10.6 Å². The van der Waals surface area contributed by atoms with Gasteiger partial charge in [0.1, 0.15) is 6.04 Å². The van der Waals surface area contributed by atoms with E-state index in [0.717, 1.165) is 18.4 Å². The van der Waals surface area contributed by atoms with E-state index in [0.29, 0.717) is 24.9 Å². The van der Waals surface area contributed by atoms with Crippen LogP contribution < -0.4 is 10.6 Å². The van der Waals surface area contributed by atoms with Crippen LogP contribution in [0.25, 0.3) is 0 Å². The van der Waals surface area contributed by atoms with E-state index >= 15 is 0 Å². The standard InChI is InChI=1S/C17H24N2O4/c1-3-5-6-14(17(22)23)19-16(21)13-9-7-12(8-10-13)11-18-15(20)4-2/h7-10,14H,3-6,11H2,1-2H3,(H,18,20)(H,19,21)(H,22,23). The quantitative estimate of drug-likeness (QED) is 0.649. The molecule has 0 spiro atoms. The summed E-state index contributed by atoms with van der Waals surface area (Å²) in [5, 5.41) is 14.4. The molecule has 3 N–H and O–H groups in total. The molecule has 0 aliphatic rings. The lowest BCUT2D eigenvalue weighted by Crippen LogP contribution is -2.40. The molecular formula is C17H24N2O4. The number of amides is 2. The molecule has 1 aromatic rings. The smallest absolute Gasteiger partial charge is 0.326 e. The zero-order chi connectivity index (χ0) is 17.2. The maximum Gasteiger partial charge on any atom is 0.326 e. The molecular weight excluding hydrogens is 296 g/mol. The first-order valence-corrected chi connectivity index (χ1v) is 7.87. The van der Waals surface area contributed by atoms with E-state index in [1.807, 2.05) is 6.92 Å². The van der Waals surface area contributed by atoms with Crippen LogP contribution in [0.1, 0.15) is 55.5 Å². The molecule has 0 saturated heterocycles. The Labute approximate surface area is 136 Å². The highest BCUT2D eigenvalue weighted by molar-refractivity contribution is 5.96. The van der Waals surface area contributed by atoms with Crippen LogP contribution in [0, 0.1) is 0 Å². The summed E-state index contributed by atoms with van der Waals surface area (Å²) in [7, 11) is 0. The summed E-state index contributed by atoms with van der Waals surface area (Å²) in [4.78, 5) is 34.5. The topological polar surface area (TPSA) is 95.5 Å². The van der Waals surface area contributed by atoms with Crippen LogP contribution in [0.5, 0.6) is 0 Å². The van der Waals surface area contributed by atoms with Crippen molar-refractivity contribution in [2.45, 2.75) is 52.1 Å². The maximum atomic E-state index is 12.1. The fourth-order valence-corrected chi connectivity index (χ4v) is 2.01. The Morgan fingerprint density at radius 3 is 2.30 bits per heavy atom. The zero-order valence-electron chi connectivity index (χ0n) is 13.6. The predicted octanol–water partition coefficient (Wildman–Crippen LogP) is 2.09. The van der Waals surface area contributed by atoms with Gasteiger partial charge < -0.3 is 15.7 Å². The minimum Gasteiger partial charge on any atom is -0.480 e. The molecule has 2 amide bonds. The van der Waals surface area contributed by atoms with E-state index in [2.05, 4.69) is 10.6 Å². The summed E-state index contributed by atoms with van der Waals surface area (Å²) in [5.41, 5.74) is 1.28. The van der Waals surface area contributed by atoms with Crippen LogP contribution in [0.3, 0.4) is 0 Å². The second-order valence-corrected chi connectivity index (χ2v) is 5.33. The molecule has 0 aliphatic heterocycles. The van der Waals surface area contributed by atoms with Crippen molar-refractivity contribution >= 4 is 17.8 Å². The number of carboxylic acid groups (broad SMARTS) is 1. The largest absolute Gasteiger partial charge is 0.480 e. The highest BCUT2D eigenvalue weighted by atomic mass is 16.4. The van der Waals surface area contributed by atoms with Gasteiger partial charge in [-0.3, -0.25) is 9.59 Å². The number of nitrogens with one attached hydrogen (secondary N) is 2.